The molecule has 1 atom stereocenters. The second-order valence-corrected chi connectivity index (χ2v) is 5.96. The zero-order valence-corrected chi connectivity index (χ0v) is 12.9. The van der Waals surface area contributed by atoms with E-state index in [9.17, 15) is 9.59 Å². The minimum absolute atomic E-state index is 0.0342. The standard InChI is InChI=1S/C16H20N2O4/c1-17-10-16(22-15(17)20)7-8-18(11-16)14(19)9-12-5-3-4-6-13(12)21-2/h3-6H,7-11H2,1-2H3/t16-/m1/s1. The molecule has 22 heavy (non-hydrogen) atoms. The third-order valence-electron chi connectivity index (χ3n) is 4.34. The Morgan fingerprint density at radius 1 is 1.36 bits per heavy atom. The smallest absolute Gasteiger partial charge is 0.410 e. The Labute approximate surface area is 129 Å². The first-order chi connectivity index (χ1) is 10.5. The van der Waals surface area contributed by atoms with Crippen LogP contribution in [-0.2, 0) is 16.0 Å². The number of hydrogen-bond donors (Lipinski definition) is 0. The summed E-state index contributed by atoms with van der Waals surface area (Å²) in [6.45, 7) is 1.64. The summed E-state index contributed by atoms with van der Waals surface area (Å²) in [4.78, 5) is 27.4. The lowest BCUT2D eigenvalue weighted by atomic mass is 10.0. The molecule has 1 spiro atoms. The van der Waals surface area contributed by atoms with E-state index in [-0.39, 0.29) is 12.0 Å². The zero-order chi connectivity index (χ0) is 15.7. The Morgan fingerprint density at radius 3 is 2.82 bits per heavy atom. The molecule has 2 fully saturated rings. The summed E-state index contributed by atoms with van der Waals surface area (Å²) in [7, 11) is 3.32. The summed E-state index contributed by atoms with van der Waals surface area (Å²) in [5.41, 5.74) is 0.346. The molecule has 1 aromatic rings. The molecule has 0 aliphatic carbocycles. The van der Waals surface area contributed by atoms with E-state index in [1.54, 1.807) is 24.0 Å². The molecule has 0 saturated carbocycles. The normalized spacial score (nSPS) is 24.0. The number of nitrogens with zero attached hydrogens (tertiary/aromatic N) is 2. The van der Waals surface area contributed by atoms with Gasteiger partial charge in [0, 0.05) is 25.6 Å². The number of carbonyl (C=O) groups excluding carboxylic acids is 2. The van der Waals surface area contributed by atoms with Crippen molar-refractivity contribution in [1.29, 1.82) is 0 Å². The maximum Gasteiger partial charge on any atom is 0.410 e. The maximum absolute atomic E-state index is 12.5. The van der Waals surface area contributed by atoms with Crippen LogP contribution in [0.2, 0.25) is 0 Å². The number of para-hydroxylation sites is 1. The lowest BCUT2D eigenvalue weighted by molar-refractivity contribution is -0.130. The van der Waals surface area contributed by atoms with Crippen LogP contribution < -0.4 is 4.74 Å². The van der Waals surface area contributed by atoms with Gasteiger partial charge in [-0.3, -0.25) is 4.79 Å². The van der Waals surface area contributed by atoms with Gasteiger partial charge in [0.05, 0.1) is 26.6 Å². The summed E-state index contributed by atoms with van der Waals surface area (Å²) < 4.78 is 10.7. The van der Waals surface area contributed by atoms with Crippen molar-refractivity contribution in [3.05, 3.63) is 29.8 Å². The second kappa shape index (κ2) is 5.51. The monoisotopic (exact) mass is 304 g/mol. The van der Waals surface area contributed by atoms with Crippen molar-refractivity contribution >= 4 is 12.0 Å². The van der Waals surface area contributed by atoms with E-state index in [1.807, 2.05) is 24.3 Å². The molecule has 118 valence electrons. The number of amides is 2. The van der Waals surface area contributed by atoms with E-state index >= 15 is 0 Å². The molecule has 0 N–H and O–H groups in total. The van der Waals surface area contributed by atoms with Crippen molar-refractivity contribution in [3.8, 4) is 5.75 Å². The van der Waals surface area contributed by atoms with Gasteiger partial charge in [-0.25, -0.2) is 4.79 Å². The first-order valence-electron chi connectivity index (χ1n) is 7.37. The van der Waals surface area contributed by atoms with Crippen molar-refractivity contribution in [1.82, 2.24) is 9.80 Å². The summed E-state index contributed by atoms with van der Waals surface area (Å²) in [6, 6.07) is 7.52. The van der Waals surface area contributed by atoms with Crippen molar-refractivity contribution in [2.24, 2.45) is 0 Å². The SMILES string of the molecule is COc1ccccc1CC(=O)N1CC[C@@]2(CN(C)C(=O)O2)C1. The fourth-order valence-corrected chi connectivity index (χ4v) is 3.19. The molecule has 3 rings (SSSR count). The van der Waals surface area contributed by atoms with Crippen molar-refractivity contribution < 1.29 is 19.1 Å². The molecule has 2 aliphatic heterocycles. The number of methoxy groups -OCH3 is 1. The number of benzene rings is 1. The molecule has 0 radical (unpaired) electrons. The maximum atomic E-state index is 12.5. The van der Waals surface area contributed by atoms with Crippen LogP contribution in [0.4, 0.5) is 4.79 Å². The van der Waals surface area contributed by atoms with Gasteiger partial charge in [0.25, 0.3) is 0 Å². The van der Waals surface area contributed by atoms with E-state index in [2.05, 4.69) is 0 Å². The third-order valence-corrected chi connectivity index (χ3v) is 4.34. The Bertz CT molecular complexity index is 604. The third kappa shape index (κ3) is 2.61. The average Bonchev–Trinajstić information content (AvgIpc) is 3.03. The average molecular weight is 304 g/mol. The van der Waals surface area contributed by atoms with E-state index in [0.29, 0.717) is 32.5 Å². The van der Waals surface area contributed by atoms with Crippen LogP contribution in [0.3, 0.4) is 0 Å². The van der Waals surface area contributed by atoms with Gasteiger partial charge in [0.1, 0.15) is 5.75 Å². The van der Waals surface area contributed by atoms with Gasteiger partial charge < -0.3 is 19.3 Å². The van der Waals surface area contributed by atoms with Crippen LogP contribution >= 0.6 is 0 Å². The Kier molecular flexibility index (Phi) is 3.68. The number of likely N-dealkylation sites (tertiary alicyclic amines) is 1. The predicted octanol–water partition coefficient (Wildman–Crippen LogP) is 1.29. The summed E-state index contributed by atoms with van der Waals surface area (Å²) in [5, 5.41) is 0. The molecule has 2 aliphatic rings. The first kappa shape index (κ1) is 14.7. The summed E-state index contributed by atoms with van der Waals surface area (Å²) >= 11 is 0. The molecular weight excluding hydrogens is 284 g/mol. The number of hydrogen-bond acceptors (Lipinski definition) is 4. The number of rotatable bonds is 3. The van der Waals surface area contributed by atoms with Crippen molar-refractivity contribution in [2.75, 3.05) is 33.8 Å². The largest absolute Gasteiger partial charge is 0.496 e. The van der Waals surface area contributed by atoms with E-state index in [0.717, 1.165) is 11.3 Å². The van der Waals surface area contributed by atoms with Crippen LogP contribution in [0.25, 0.3) is 0 Å². The van der Waals surface area contributed by atoms with Gasteiger partial charge in [-0.2, -0.15) is 0 Å². The van der Waals surface area contributed by atoms with E-state index < -0.39 is 5.60 Å². The molecule has 0 aromatic heterocycles. The molecule has 0 bridgehead atoms. The van der Waals surface area contributed by atoms with Crippen LogP contribution in [0.1, 0.15) is 12.0 Å². The topological polar surface area (TPSA) is 59.1 Å². The van der Waals surface area contributed by atoms with E-state index in [1.165, 1.54) is 0 Å². The molecular formula is C16H20N2O4. The van der Waals surface area contributed by atoms with Crippen molar-refractivity contribution in [3.63, 3.8) is 0 Å². The van der Waals surface area contributed by atoms with Crippen molar-refractivity contribution in [2.45, 2.75) is 18.4 Å². The van der Waals surface area contributed by atoms with Crippen LogP contribution in [0, 0.1) is 0 Å². The highest BCUT2D eigenvalue weighted by Gasteiger charge is 2.49. The molecule has 2 saturated heterocycles. The van der Waals surface area contributed by atoms with Gasteiger partial charge in [-0.1, -0.05) is 18.2 Å². The fourth-order valence-electron chi connectivity index (χ4n) is 3.19. The summed E-state index contributed by atoms with van der Waals surface area (Å²) in [6.07, 6.45) is 0.684. The quantitative estimate of drug-likeness (QED) is 0.844. The lowest BCUT2D eigenvalue weighted by Gasteiger charge is -2.22. The van der Waals surface area contributed by atoms with Crippen LogP contribution in [0.5, 0.6) is 5.75 Å². The van der Waals surface area contributed by atoms with Crippen LogP contribution in [0.15, 0.2) is 24.3 Å². The summed E-state index contributed by atoms with van der Waals surface area (Å²) in [5.74, 6) is 0.753. The lowest BCUT2D eigenvalue weighted by Crippen LogP contribution is -2.39. The molecule has 2 amide bonds. The predicted molar refractivity (Wildman–Crippen MR) is 79.7 cm³/mol. The highest BCUT2D eigenvalue weighted by atomic mass is 16.6. The molecule has 2 heterocycles. The van der Waals surface area contributed by atoms with E-state index in [4.69, 9.17) is 9.47 Å². The second-order valence-electron chi connectivity index (χ2n) is 5.96. The van der Waals surface area contributed by atoms with Gasteiger partial charge in [-0.15, -0.1) is 0 Å². The highest BCUT2D eigenvalue weighted by molar-refractivity contribution is 5.80. The van der Waals surface area contributed by atoms with Gasteiger partial charge >= 0.3 is 6.09 Å². The Balaban J connectivity index is 1.66. The first-order valence-corrected chi connectivity index (χ1v) is 7.37. The van der Waals surface area contributed by atoms with Gasteiger partial charge in [0.2, 0.25) is 5.91 Å². The minimum Gasteiger partial charge on any atom is -0.496 e. The van der Waals surface area contributed by atoms with Gasteiger partial charge in [0.15, 0.2) is 5.60 Å². The molecule has 6 nitrogen and oxygen atoms in total. The zero-order valence-electron chi connectivity index (χ0n) is 12.9. The number of likely N-dealkylation sites (N-methyl/N-ethyl adjacent to an activating group) is 1. The molecule has 0 unspecified atom stereocenters. The Hall–Kier alpha value is -2.24. The molecule has 1 aromatic carbocycles. The fraction of sp³-hybridized carbons (Fsp3) is 0.500. The Morgan fingerprint density at radius 2 is 2.14 bits per heavy atom. The number of ether oxygens (including phenoxy) is 2. The number of carbonyl (C=O) groups is 2. The van der Waals surface area contributed by atoms with Gasteiger partial charge in [-0.05, 0) is 6.07 Å². The highest BCUT2D eigenvalue weighted by Crippen LogP contribution is 2.32. The van der Waals surface area contributed by atoms with Crippen LogP contribution in [-0.4, -0.2) is 61.2 Å². The minimum atomic E-state index is -0.526. The molecule has 6 heteroatoms.